The highest BCUT2D eigenvalue weighted by molar-refractivity contribution is 8.76. The Bertz CT molecular complexity index is 2270. The Morgan fingerprint density at radius 1 is 0.765 bits per heavy atom. The summed E-state index contributed by atoms with van der Waals surface area (Å²) in [5, 5.41) is 36.2. The standard InChI is InChI=1S/C47H61N9O10S2/c1-26(2)38(47(65)66)55-44(62)37-25-68-67-24-36(53-40(58)27(3)49)43(61)52-35(23-28-10-5-4-6-11-28)46(64)56-21-19-30-12-7-8-13-32(30)39(56)45(63)50-33(14-9-20-48)41(59)51-34(42(60)54-37)22-29-15-17-31(57)18-16-29/h4-8,10-13,15-18,26-27,33-39,57H,9,14,19-25,48-49H2,1-3H3,(H,50,63)(H,51,59)(H,52,61)(H,53,58)(H,54,60)(H,55,62)(H,65,66)/t27-,33-,34-,35-,36-,37-,38-,39-/m0/s1. The molecule has 5 rings (SSSR count). The molecule has 19 nitrogen and oxygen atoms in total. The van der Waals surface area contributed by atoms with E-state index in [9.17, 15) is 43.8 Å². The normalized spacial score (nSPS) is 23.0. The Morgan fingerprint density at radius 2 is 1.37 bits per heavy atom. The van der Waals surface area contributed by atoms with Crippen LogP contribution in [0.4, 0.5) is 0 Å². The highest BCUT2D eigenvalue weighted by atomic mass is 33.1. The summed E-state index contributed by atoms with van der Waals surface area (Å²) in [6, 6.07) is 11.7. The van der Waals surface area contributed by atoms with Gasteiger partial charge in [-0.3, -0.25) is 33.6 Å². The number of carbonyl (C=O) groups excluding carboxylic acids is 7. The molecule has 1 fully saturated rings. The van der Waals surface area contributed by atoms with Gasteiger partial charge >= 0.3 is 5.97 Å². The molecule has 2 aliphatic heterocycles. The van der Waals surface area contributed by atoms with Crippen molar-refractivity contribution in [2.24, 2.45) is 17.4 Å². The molecule has 3 aromatic carbocycles. The first-order chi connectivity index (χ1) is 32.5. The number of fused-ring (bicyclic) bond motifs is 3. The van der Waals surface area contributed by atoms with Crippen LogP contribution < -0.4 is 43.4 Å². The van der Waals surface area contributed by atoms with Crippen LogP contribution in [-0.2, 0) is 57.6 Å². The predicted molar refractivity (Wildman–Crippen MR) is 257 cm³/mol. The van der Waals surface area contributed by atoms with Crippen LogP contribution in [0.2, 0.25) is 0 Å². The number of benzene rings is 3. The van der Waals surface area contributed by atoms with Crippen LogP contribution >= 0.6 is 21.6 Å². The number of hydrogen-bond acceptors (Lipinski definition) is 13. The van der Waals surface area contributed by atoms with Crippen molar-refractivity contribution in [2.75, 3.05) is 24.6 Å². The molecule has 68 heavy (non-hydrogen) atoms. The lowest BCUT2D eigenvalue weighted by Crippen LogP contribution is -2.61. The third-order valence-corrected chi connectivity index (χ3v) is 13.9. The number of nitrogens with two attached hydrogens (primary N) is 2. The topological polar surface area (TPSA) is 304 Å². The monoisotopic (exact) mass is 975 g/mol. The Hall–Kier alpha value is -6.16. The van der Waals surface area contributed by atoms with Crippen molar-refractivity contribution in [3.63, 3.8) is 0 Å². The van der Waals surface area contributed by atoms with Crippen molar-refractivity contribution in [3.05, 3.63) is 101 Å². The quantitative estimate of drug-likeness (QED) is 0.104. The lowest BCUT2D eigenvalue weighted by molar-refractivity contribution is -0.145. The fourth-order valence-corrected chi connectivity index (χ4v) is 10.1. The van der Waals surface area contributed by atoms with E-state index in [4.69, 9.17) is 11.5 Å². The number of carboxylic acid groups (broad SMARTS) is 1. The zero-order valence-corrected chi connectivity index (χ0v) is 39.8. The zero-order valence-electron chi connectivity index (χ0n) is 38.1. The van der Waals surface area contributed by atoms with Gasteiger partial charge in [0, 0.05) is 30.9 Å². The Morgan fingerprint density at radius 3 is 2.03 bits per heavy atom. The summed E-state index contributed by atoms with van der Waals surface area (Å²) in [7, 11) is 2.09. The van der Waals surface area contributed by atoms with Crippen LogP contribution in [0.25, 0.3) is 0 Å². The molecular formula is C47H61N9O10S2. The third-order valence-electron chi connectivity index (χ3n) is 11.5. The van der Waals surface area contributed by atoms with Gasteiger partial charge in [-0.2, -0.15) is 0 Å². The van der Waals surface area contributed by atoms with Crippen LogP contribution in [-0.4, -0.2) is 129 Å². The minimum absolute atomic E-state index is 0.00189. The second kappa shape index (κ2) is 25.3. The average Bonchev–Trinajstić information content (AvgIpc) is 3.31. The van der Waals surface area contributed by atoms with Gasteiger partial charge in [0.1, 0.15) is 48.0 Å². The number of hydrogen-bond donors (Lipinski definition) is 10. The molecule has 0 bridgehead atoms. The lowest BCUT2D eigenvalue weighted by atomic mass is 9.90. The van der Waals surface area contributed by atoms with Gasteiger partial charge in [-0.25, -0.2) is 4.79 Å². The number of rotatable bonds is 13. The van der Waals surface area contributed by atoms with E-state index in [1.54, 1.807) is 68.4 Å². The zero-order chi connectivity index (χ0) is 49.5. The van der Waals surface area contributed by atoms with Crippen LogP contribution in [0.3, 0.4) is 0 Å². The van der Waals surface area contributed by atoms with E-state index in [-0.39, 0.29) is 56.0 Å². The highest BCUT2D eigenvalue weighted by Crippen LogP contribution is 2.32. The lowest BCUT2D eigenvalue weighted by Gasteiger charge is -2.39. The molecular weight excluding hydrogens is 915 g/mol. The SMILES string of the molecule is CC(C)[C@H](NC(=O)[C@@H]1CSSC[C@H](NC(=O)[C@H](C)N)C(=O)N[C@@H](Cc2ccccc2)C(=O)N2CCc3ccccc3[C@H]2C(=O)N[C@@H](CCCN)C(=O)N[C@@H](Cc2ccc(O)cc2)C(=O)N1)C(=O)O. The summed E-state index contributed by atoms with van der Waals surface area (Å²) in [6.45, 7) is 4.85. The van der Waals surface area contributed by atoms with Crippen molar-refractivity contribution in [1.82, 2.24) is 36.8 Å². The van der Waals surface area contributed by atoms with Gasteiger partial charge in [0.25, 0.3) is 0 Å². The molecule has 366 valence electrons. The minimum Gasteiger partial charge on any atom is -0.508 e. The number of carboxylic acids is 1. The number of carbonyl (C=O) groups is 8. The van der Waals surface area contributed by atoms with Crippen molar-refractivity contribution >= 4 is 68.9 Å². The summed E-state index contributed by atoms with van der Waals surface area (Å²) >= 11 is 0. The van der Waals surface area contributed by atoms with E-state index in [1.165, 1.54) is 24.0 Å². The first-order valence-corrected chi connectivity index (χ1v) is 24.9. The molecule has 8 atom stereocenters. The molecule has 7 amide bonds. The number of aromatic hydroxyl groups is 1. The van der Waals surface area contributed by atoms with Gasteiger partial charge in [-0.1, -0.05) is 102 Å². The molecule has 0 aliphatic carbocycles. The Kier molecular flexibility index (Phi) is 19.6. The van der Waals surface area contributed by atoms with Gasteiger partial charge in [0.2, 0.25) is 41.4 Å². The molecule has 1 saturated heterocycles. The average molecular weight is 976 g/mol. The number of aliphatic carboxylic acids is 1. The van der Waals surface area contributed by atoms with E-state index < -0.39 is 102 Å². The number of nitrogens with zero attached hydrogens (tertiary/aromatic N) is 1. The molecule has 0 spiro atoms. The fraction of sp³-hybridized carbons (Fsp3) is 0.447. The van der Waals surface area contributed by atoms with Crippen molar-refractivity contribution in [2.45, 2.75) is 101 Å². The van der Waals surface area contributed by atoms with Crippen molar-refractivity contribution in [1.29, 1.82) is 0 Å². The number of nitrogens with one attached hydrogen (secondary N) is 6. The first kappa shape index (κ1) is 52.8. The smallest absolute Gasteiger partial charge is 0.326 e. The third kappa shape index (κ3) is 14.7. The van der Waals surface area contributed by atoms with Gasteiger partial charge in [-0.05, 0) is 73.0 Å². The highest BCUT2D eigenvalue weighted by Gasteiger charge is 2.41. The molecule has 2 heterocycles. The molecule has 3 aromatic rings. The molecule has 0 saturated carbocycles. The molecule has 0 unspecified atom stereocenters. The largest absolute Gasteiger partial charge is 0.508 e. The van der Waals surface area contributed by atoms with Crippen LogP contribution in [0.5, 0.6) is 5.75 Å². The van der Waals surface area contributed by atoms with Crippen LogP contribution in [0.15, 0.2) is 78.9 Å². The van der Waals surface area contributed by atoms with E-state index in [0.717, 1.165) is 27.2 Å². The second-order valence-electron chi connectivity index (χ2n) is 17.1. The minimum atomic E-state index is -1.41. The number of amides is 7. The molecule has 2 aliphatic rings. The second-order valence-corrected chi connectivity index (χ2v) is 19.7. The van der Waals surface area contributed by atoms with E-state index >= 15 is 4.79 Å². The van der Waals surface area contributed by atoms with Gasteiger partial charge in [0.05, 0.1) is 6.04 Å². The van der Waals surface area contributed by atoms with Gasteiger partial charge in [0.15, 0.2) is 0 Å². The van der Waals surface area contributed by atoms with Crippen molar-refractivity contribution < 1.29 is 48.6 Å². The van der Waals surface area contributed by atoms with E-state index in [0.29, 0.717) is 23.1 Å². The maximum atomic E-state index is 15.0. The fourth-order valence-electron chi connectivity index (χ4n) is 7.74. The maximum absolute atomic E-state index is 15.0. The molecule has 21 heteroatoms. The summed E-state index contributed by atoms with van der Waals surface area (Å²) < 4.78 is 0. The summed E-state index contributed by atoms with van der Waals surface area (Å²) in [5.74, 6) is -7.40. The Labute approximate surface area is 402 Å². The van der Waals surface area contributed by atoms with Gasteiger partial charge in [-0.15, -0.1) is 0 Å². The van der Waals surface area contributed by atoms with Crippen LogP contribution in [0.1, 0.15) is 61.9 Å². The molecule has 0 aromatic heterocycles. The molecule has 0 radical (unpaired) electrons. The Balaban J connectivity index is 1.61. The summed E-state index contributed by atoms with van der Waals surface area (Å²) in [5.41, 5.74) is 14.3. The van der Waals surface area contributed by atoms with E-state index in [2.05, 4.69) is 31.9 Å². The van der Waals surface area contributed by atoms with Crippen LogP contribution in [0, 0.1) is 5.92 Å². The number of phenols is 1. The predicted octanol–water partition coefficient (Wildman–Crippen LogP) is 0.434. The van der Waals surface area contributed by atoms with E-state index in [1.807, 2.05) is 12.1 Å². The summed E-state index contributed by atoms with van der Waals surface area (Å²) in [4.78, 5) is 114. The maximum Gasteiger partial charge on any atom is 0.326 e. The van der Waals surface area contributed by atoms with Gasteiger partial charge < -0.3 is 58.5 Å². The number of phenolic OH excluding ortho intramolecular Hbond substituents is 1. The molecule has 12 N–H and O–H groups in total. The summed E-state index contributed by atoms with van der Waals surface area (Å²) in [6.07, 6.45) is 0.516. The van der Waals surface area contributed by atoms with Crippen molar-refractivity contribution in [3.8, 4) is 5.75 Å². The first-order valence-electron chi connectivity index (χ1n) is 22.4.